The van der Waals surface area contributed by atoms with E-state index < -0.39 is 17.9 Å². The summed E-state index contributed by atoms with van der Waals surface area (Å²) in [5.74, 6) is -0.762. The van der Waals surface area contributed by atoms with E-state index in [2.05, 4.69) is 15.6 Å². The average molecular weight is 616 g/mol. The summed E-state index contributed by atoms with van der Waals surface area (Å²) in [6.07, 6.45) is 1.50. The molecular formula is C32H33N5O8. The van der Waals surface area contributed by atoms with Gasteiger partial charge in [-0.2, -0.15) is 0 Å². The first-order chi connectivity index (χ1) is 21.8. The minimum Gasteiger partial charge on any atom is -0.504 e. The van der Waals surface area contributed by atoms with Crippen LogP contribution in [0, 0.1) is 0 Å². The highest BCUT2D eigenvalue weighted by Crippen LogP contribution is 2.42. The van der Waals surface area contributed by atoms with Gasteiger partial charge in [0.2, 0.25) is 18.6 Å². The third kappa shape index (κ3) is 6.11. The zero-order valence-corrected chi connectivity index (χ0v) is 24.9. The van der Waals surface area contributed by atoms with Crippen molar-refractivity contribution in [1.82, 2.24) is 20.3 Å². The number of anilines is 1. The normalized spacial score (nSPS) is 16.0. The molecule has 1 fully saturated rings. The Hall–Kier alpha value is -5.17. The second kappa shape index (κ2) is 12.8. The maximum absolute atomic E-state index is 14.6. The number of hydrogen-bond donors (Lipinski definition) is 2. The van der Waals surface area contributed by atoms with Gasteiger partial charge in [-0.25, -0.2) is 4.68 Å². The lowest BCUT2D eigenvalue weighted by Gasteiger charge is -2.33. The third-order valence-electron chi connectivity index (χ3n) is 7.74. The van der Waals surface area contributed by atoms with Gasteiger partial charge >= 0.3 is 0 Å². The maximum Gasteiger partial charge on any atom is 0.249 e. The number of ether oxygens (including phenoxy) is 4. The summed E-state index contributed by atoms with van der Waals surface area (Å²) < 4.78 is 23.9. The number of nitrogens with zero attached hydrogens (tertiary/aromatic N) is 4. The van der Waals surface area contributed by atoms with Crippen molar-refractivity contribution in [3.8, 4) is 23.0 Å². The number of benzene rings is 3. The van der Waals surface area contributed by atoms with E-state index in [1.54, 1.807) is 25.1 Å². The van der Waals surface area contributed by atoms with Gasteiger partial charge in [-0.1, -0.05) is 23.4 Å². The molecule has 0 spiro atoms. The number of para-hydroxylation sites is 1. The molecule has 13 heteroatoms. The minimum absolute atomic E-state index is 0.0595. The Balaban J connectivity index is 1.50. The molecule has 6 rings (SSSR count). The van der Waals surface area contributed by atoms with Crippen LogP contribution >= 0.6 is 0 Å². The number of amides is 2. The second-order valence-corrected chi connectivity index (χ2v) is 10.7. The van der Waals surface area contributed by atoms with Crippen molar-refractivity contribution in [2.45, 2.75) is 45.4 Å². The van der Waals surface area contributed by atoms with E-state index in [0.717, 1.165) is 12.8 Å². The molecule has 2 aliphatic heterocycles. The SMILES string of the molecule is CCOc1cc([C@H](C(=O)NC[C@@H]2CCCO2)N(C(=O)Cn2nnc3ccccc32)c2cc3c(cc2C(C)=O)OCO3)ccc1O. The van der Waals surface area contributed by atoms with Crippen LogP contribution in [0.1, 0.15) is 48.7 Å². The Morgan fingerprint density at radius 2 is 1.93 bits per heavy atom. The van der Waals surface area contributed by atoms with E-state index in [4.69, 9.17) is 18.9 Å². The zero-order valence-electron chi connectivity index (χ0n) is 24.9. The zero-order chi connectivity index (χ0) is 31.5. The number of aromatic nitrogens is 3. The van der Waals surface area contributed by atoms with E-state index in [0.29, 0.717) is 34.7 Å². The van der Waals surface area contributed by atoms with Crippen LogP contribution in [0.4, 0.5) is 5.69 Å². The van der Waals surface area contributed by atoms with Crippen molar-refractivity contribution in [3.63, 3.8) is 0 Å². The fourth-order valence-electron chi connectivity index (χ4n) is 5.57. The number of hydrogen-bond acceptors (Lipinski definition) is 10. The van der Waals surface area contributed by atoms with E-state index in [9.17, 15) is 19.5 Å². The molecule has 3 heterocycles. The number of phenols is 1. The number of aromatic hydroxyl groups is 1. The largest absolute Gasteiger partial charge is 0.504 e. The first-order valence-corrected chi connectivity index (χ1v) is 14.7. The van der Waals surface area contributed by atoms with Crippen molar-refractivity contribution >= 4 is 34.3 Å². The number of carbonyl (C=O) groups is 3. The molecule has 0 saturated carbocycles. The second-order valence-electron chi connectivity index (χ2n) is 10.7. The lowest BCUT2D eigenvalue weighted by Crippen LogP contribution is -2.47. The molecule has 2 amide bonds. The van der Waals surface area contributed by atoms with Crippen LogP contribution in [0.25, 0.3) is 11.0 Å². The molecule has 0 unspecified atom stereocenters. The minimum atomic E-state index is -1.31. The standard InChI is InChI=1S/C32H33N5O8/c1-3-42-27-13-20(10-11-26(27)39)31(32(41)33-16-21-7-6-12-43-21)37(25-15-29-28(44-18-45-29)14-22(25)19(2)38)30(40)17-36-24-9-5-4-8-23(24)34-35-36/h4-5,8-11,13-15,21,31,39H,3,6-7,12,16-18H2,1-2H3,(H,33,41)/t21-,31+/m0/s1. The molecule has 0 radical (unpaired) electrons. The van der Waals surface area contributed by atoms with E-state index in [1.807, 2.05) is 12.1 Å². The Morgan fingerprint density at radius 1 is 1.13 bits per heavy atom. The van der Waals surface area contributed by atoms with Crippen molar-refractivity contribution < 1.29 is 38.4 Å². The van der Waals surface area contributed by atoms with Gasteiger partial charge in [0, 0.05) is 24.8 Å². The maximum atomic E-state index is 14.6. The summed E-state index contributed by atoms with van der Waals surface area (Å²) in [5, 5.41) is 21.8. The number of phenolic OH excluding ortho intramolecular Hbond substituents is 1. The highest BCUT2D eigenvalue weighted by atomic mass is 16.7. The summed E-state index contributed by atoms with van der Waals surface area (Å²) in [6.45, 7) is 3.86. The van der Waals surface area contributed by atoms with Crippen molar-refractivity contribution in [1.29, 1.82) is 0 Å². The topological polar surface area (TPSA) is 154 Å². The molecule has 1 aromatic heterocycles. The highest BCUT2D eigenvalue weighted by Gasteiger charge is 2.37. The van der Waals surface area contributed by atoms with Gasteiger partial charge in [0.25, 0.3) is 0 Å². The Morgan fingerprint density at radius 3 is 2.69 bits per heavy atom. The molecule has 234 valence electrons. The van der Waals surface area contributed by atoms with Gasteiger partial charge in [0.05, 0.1) is 23.9 Å². The number of Topliss-reactive ketones (excluding diaryl/α,β-unsaturated/α-hetero) is 1. The first kappa shape index (κ1) is 29.9. The van der Waals surface area contributed by atoms with Crippen LogP contribution in [-0.2, 0) is 20.9 Å². The van der Waals surface area contributed by atoms with Crippen LogP contribution in [0.2, 0.25) is 0 Å². The number of fused-ring (bicyclic) bond motifs is 2. The quantitative estimate of drug-likeness (QED) is 0.240. The third-order valence-corrected chi connectivity index (χ3v) is 7.74. The Bertz CT molecular complexity index is 1750. The van der Waals surface area contributed by atoms with Crippen LogP contribution in [0.3, 0.4) is 0 Å². The van der Waals surface area contributed by atoms with E-state index in [1.165, 1.54) is 40.8 Å². The van der Waals surface area contributed by atoms with Gasteiger partial charge in [-0.3, -0.25) is 19.3 Å². The van der Waals surface area contributed by atoms with Crippen LogP contribution in [0.15, 0.2) is 54.6 Å². The summed E-state index contributed by atoms with van der Waals surface area (Å²) in [5.41, 5.74) is 1.84. The van der Waals surface area contributed by atoms with Crippen LogP contribution < -0.4 is 24.4 Å². The molecule has 0 aliphatic carbocycles. The predicted octanol–water partition coefficient (Wildman–Crippen LogP) is 3.54. The lowest BCUT2D eigenvalue weighted by molar-refractivity contribution is -0.127. The summed E-state index contributed by atoms with van der Waals surface area (Å²) in [6, 6.07) is 13.4. The average Bonchev–Trinajstić information content (AvgIpc) is 3.81. The van der Waals surface area contributed by atoms with Gasteiger partial charge < -0.3 is 29.4 Å². The molecular weight excluding hydrogens is 582 g/mol. The molecule has 2 aliphatic rings. The van der Waals surface area contributed by atoms with Crippen LogP contribution in [-0.4, -0.2) is 70.4 Å². The van der Waals surface area contributed by atoms with Gasteiger partial charge in [0.15, 0.2) is 28.8 Å². The van der Waals surface area contributed by atoms with E-state index in [-0.39, 0.29) is 61.1 Å². The molecule has 45 heavy (non-hydrogen) atoms. The number of nitrogens with one attached hydrogen (secondary N) is 1. The van der Waals surface area contributed by atoms with Crippen LogP contribution in [0.5, 0.6) is 23.0 Å². The predicted molar refractivity (Wildman–Crippen MR) is 162 cm³/mol. The Labute approximate surface area is 258 Å². The number of carbonyl (C=O) groups excluding carboxylic acids is 3. The fourth-order valence-corrected chi connectivity index (χ4v) is 5.57. The number of rotatable bonds is 11. The molecule has 1 saturated heterocycles. The van der Waals surface area contributed by atoms with E-state index >= 15 is 0 Å². The summed E-state index contributed by atoms with van der Waals surface area (Å²) >= 11 is 0. The summed E-state index contributed by atoms with van der Waals surface area (Å²) in [7, 11) is 0. The van der Waals surface area contributed by atoms with Gasteiger partial charge in [-0.15, -0.1) is 5.10 Å². The molecule has 13 nitrogen and oxygen atoms in total. The van der Waals surface area contributed by atoms with Crippen molar-refractivity contribution in [3.05, 3.63) is 65.7 Å². The molecule has 3 aromatic carbocycles. The molecule has 0 bridgehead atoms. The fraction of sp³-hybridized carbons (Fsp3) is 0.344. The Kier molecular flexibility index (Phi) is 8.52. The van der Waals surface area contributed by atoms with Gasteiger partial charge in [0.1, 0.15) is 18.1 Å². The van der Waals surface area contributed by atoms with Gasteiger partial charge in [-0.05, 0) is 62.6 Å². The first-order valence-electron chi connectivity index (χ1n) is 14.7. The van der Waals surface area contributed by atoms with Crippen molar-refractivity contribution in [2.75, 3.05) is 31.5 Å². The lowest BCUT2D eigenvalue weighted by atomic mass is 9.99. The summed E-state index contributed by atoms with van der Waals surface area (Å²) in [4.78, 5) is 43.2. The highest BCUT2D eigenvalue weighted by molar-refractivity contribution is 6.08. The molecule has 2 N–H and O–H groups in total. The number of ketones is 1. The monoisotopic (exact) mass is 615 g/mol. The molecule has 2 atom stereocenters. The van der Waals surface area contributed by atoms with Crippen molar-refractivity contribution in [2.24, 2.45) is 0 Å². The molecule has 4 aromatic rings. The smallest absolute Gasteiger partial charge is 0.249 e.